The maximum Gasteiger partial charge on any atom is 0.0999 e. The van der Waals surface area contributed by atoms with Crippen molar-refractivity contribution in [2.75, 3.05) is 0 Å². The number of rotatable bonds is 0. The van der Waals surface area contributed by atoms with Crippen LogP contribution in [-0.2, 0) is 13.5 Å². The molecule has 0 radical (unpaired) electrons. The van der Waals surface area contributed by atoms with Crippen molar-refractivity contribution < 1.29 is 0 Å². The van der Waals surface area contributed by atoms with Crippen LogP contribution in [0.3, 0.4) is 0 Å². The molecular formula is C15H9N3. The molecule has 2 aromatic rings. The van der Waals surface area contributed by atoms with Crippen molar-refractivity contribution in [3.8, 4) is 24.0 Å². The maximum atomic E-state index is 9.25. The number of benzene rings is 1. The van der Waals surface area contributed by atoms with E-state index in [1.807, 2.05) is 13.1 Å². The molecular weight excluding hydrogens is 222 g/mol. The van der Waals surface area contributed by atoms with Gasteiger partial charge in [0.1, 0.15) is 0 Å². The summed E-state index contributed by atoms with van der Waals surface area (Å²) in [5.41, 5.74) is 4.10. The van der Waals surface area contributed by atoms with E-state index in [-0.39, 0.29) is 0 Å². The van der Waals surface area contributed by atoms with Gasteiger partial charge in [-0.1, -0.05) is 11.8 Å². The molecule has 0 aliphatic heterocycles. The zero-order chi connectivity index (χ0) is 12.7. The molecule has 0 unspecified atom stereocenters. The minimum absolute atomic E-state index is 0.518. The minimum atomic E-state index is 0.518. The third kappa shape index (κ3) is 1.24. The summed E-state index contributed by atoms with van der Waals surface area (Å²) in [7, 11) is 1.97. The Balaban J connectivity index is 2.54. The summed E-state index contributed by atoms with van der Waals surface area (Å²) in [6.07, 6.45) is 1.75. The maximum absolute atomic E-state index is 9.25. The smallest absolute Gasteiger partial charge is 0.0999 e. The molecule has 0 bridgehead atoms. The van der Waals surface area contributed by atoms with Gasteiger partial charge in [-0.2, -0.15) is 10.5 Å². The molecule has 1 aliphatic rings. The van der Waals surface area contributed by atoms with E-state index < -0.39 is 0 Å². The van der Waals surface area contributed by atoms with Gasteiger partial charge >= 0.3 is 0 Å². The van der Waals surface area contributed by atoms with E-state index >= 15 is 0 Å². The van der Waals surface area contributed by atoms with E-state index in [0.29, 0.717) is 11.1 Å². The Hall–Kier alpha value is -2.70. The van der Waals surface area contributed by atoms with Gasteiger partial charge in [0.25, 0.3) is 0 Å². The molecule has 0 spiro atoms. The molecule has 1 aromatic carbocycles. The fourth-order valence-corrected chi connectivity index (χ4v) is 2.52. The minimum Gasteiger partial charge on any atom is -0.346 e. The Kier molecular flexibility index (Phi) is 2.12. The van der Waals surface area contributed by atoms with Crippen molar-refractivity contribution in [3.63, 3.8) is 0 Å². The molecule has 0 saturated carbocycles. The van der Waals surface area contributed by atoms with Gasteiger partial charge in [0.15, 0.2) is 0 Å². The highest BCUT2D eigenvalue weighted by Crippen LogP contribution is 2.31. The van der Waals surface area contributed by atoms with Gasteiger partial charge < -0.3 is 4.57 Å². The van der Waals surface area contributed by atoms with Crippen LogP contribution in [0.15, 0.2) is 12.1 Å². The van der Waals surface area contributed by atoms with Crippen molar-refractivity contribution in [3.05, 3.63) is 34.5 Å². The van der Waals surface area contributed by atoms with Crippen molar-refractivity contribution in [2.24, 2.45) is 7.05 Å². The zero-order valence-corrected chi connectivity index (χ0v) is 9.91. The summed E-state index contributed by atoms with van der Waals surface area (Å²) < 4.78 is 2.06. The van der Waals surface area contributed by atoms with E-state index in [1.54, 1.807) is 6.07 Å². The standard InChI is InChI=1S/C15H9N3/c1-18-13-5-3-2-4-12(13)15-11(9-17)6-10(8-16)7-14(15)18/h6-7H,3,5H2,1H3. The predicted octanol–water partition coefficient (Wildman–Crippen LogP) is 2.22. The summed E-state index contributed by atoms with van der Waals surface area (Å²) >= 11 is 0. The average molecular weight is 231 g/mol. The summed E-state index contributed by atoms with van der Waals surface area (Å²) in [4.78, 5) is 0. The lowest BCUT2D eigenvalue weighted by molar-refractivity contribution is 0.831. The molecule has 3 rings (SSSR count). The van der Waals surface area contributed by atoms with Crippen LogP contribution in [0.1, 0.15) is 28.8 Å². The first kappa shape index (κ1) is 10.5. The van der Waals surface area contributed by atoms with Gasteiger partial charge in [0.05, 0.1) is 34.3 Å². The molecule has 18 heavy (non-hydrogen) atoms. The summed E-state index contributed by atoms with van der Waals surface area (Å²) in [6.45, 7) is 0. The second kappa shape index (κ2) is 3.66. The highest BCUT2D eigenvalue weighted by Gasteiger charge is 2.19. The number of fused-ring (bicyclic) bond motifs is 3. The number of hydrogen-bond donors (Lipinski definition) is 0. The lowest BCUT2D eigenvalue weighted by atomic mass is 10.00. The Morgan fingerprint density at radius 1 is 1.28 bits per heavy atom. The second-order valence-corrected chi connectivity index (χ2v) is 4.32. The number of aryl methyl sites for hydroxylation is 1. The Morgan fingerprint density at radius 3 is 2.83 bits per heavy atom. The molecule has 0 fully saturated rings. The van der Waals surface area contributed by atoms with E-state index in [9.17, 15) is 5.26 Å². The SMILES string of the molecule is Cn1c2c(c3c(C#N)cc(C#N)cc31)C#CCC2. The largest absolute Gasteiger partial charge is 0.346 e. The van der Waals surface area contributed by atoms with Crippen LogP contribution in [0.2, 0.25) is 0 Å². The van der Waals surface area contributed by atoms with Crippen LogP contribution in [0.4, 0.5) is 0 Å². The van der Waals surface area contributed by atoms with Crippen molar-refractivity contribution in [1.82, 2.24) is 4.57 Å². The molecule has 3 heteroatoms. The number of nitriles is 2. The summed E-state index contributed by atoms with van der Waals surface area (Å²) in [6, 6.07) is 7.74. The molecule has 0 saturated heterocycles. The van der Waals surface area contributed by atoms with Crippen LogP contribution in [0.5, 0.6) is 0 Å². The van der Waals surface area contributed by atoms with Gasteiger partial charge in [0, 0.05) is 24.5 Å². The quantitative estimate of drug-likeness (QED) is 0.653. The molecule has 0 N–H and O–H groups in total. The third-order valence-corrected chi connectivity index (χ3v) is 3.37. The fourth-order valence-electron chi connectivity index (χ4n) is 2.52. The Morgan fingerprint density at radius 2 is 2.11 bits per heavy atom. The number of aromatic nitrogens is 1. The highest BCUT2D eigenvalue weighted by molar-refractivity contribution is 5.94. The third-order valence-electron chi connectivity index (χ3n) is 3.37. The van der Waals surface area contributed by atoms with Crippen molar-refractivity contribution in [1.29, 1.82) is 10.5 Å². The van der Waals surface area contributed by atoms with Crippen LogP contribution in [0.25, 0.3) is 10.9 Å². The first-order valence-electron chi connectivity index (χ1n) is 5.70. The Labute approximate surface area is 105 Å². The number of hydrogen-bond acceptors (Lipinski definition) is 2. The van der Waals surface area contributed by atoms with E-state index in [1.165, 1.54) is 0 Å². The molecule has 84 valence electrons. The highest BCUT2D eigenvalue weighted by atomic mass is 14.9. The summed E-state index contributed by atoms with van der Waals surface area (Å²) in [5, 5.41) is 19.2. The molecule has 3 nitrogen and oxygen atoms in total. The zero-order valence-electron chi connectivity index (χ0n) is 9.91. The van der Waals surface area contributed by atoms with Crippen LogP contribution in [-0.4, -0.2) is 4.57 Å². The molecule has 0 amide bonds. The first-order valence-corrected chi connectivity index (χ1v) is 5.70. The van der Waals surface area contributed by atoms with Crippen LogP contribution >= 0.6 is 0 Å². The average Bonchev–Trinajstić information content (AvgIpc) is 2.72. The van der Waals surface area contributed by atoms with Gasteiger partial charge in [-0.3, -0.25) is 0 Å². The van der Waals surface area contributed by atoms with Gasteiger partial charge in [-0.15, -0.1) is 0 Å². The normalized spacial score (nSPS) is 12.2. The fraction of sp³-hybridized carbons (Fsp3) is 0.200. The van der Waals surface area contributed by atoms with Crippen LogP contribution < -0.4 is 0 Å². The molecule has 1 aromatic heterocycles. The van der Waals surface area contributed by atoms with Gasteiger partial charge in [-0.25, -0.2) is 0 Å². The summed E-state index contributed by atoms with van der Waals surface area (Å²) in [5.74, 6) is 6.22. The van der Waals surface area contributed by atoms with Crippen molar-refractivity contribution in [2.45, 2.75) is 12.8 Å². The molecule has 0 atom stereocenters. The Bertz CT molecular complexity index is 814. The van der Waals surface area contributed by atoms with Gasteiger partial charge in [-0.05, 0) is 18.6 Å². The molecule has 1 aliphatic carbocycles. The van der Waals surface area contributed by atoms with E-state index in [0.717, 1.165) is 35.0 Å². The topological polar surface area (TPSA) is 52.5 Å². The lowest BCUT2D eigenvalue weighted by Gasteiger charge is -2.04. The van der Waals surface area contributed by atoms with E-state index in [2.05, 4.69) is 28.5 Å². The molecule has 1 heterocycles. The monoisotopic (exact) mass is 231 g/mol. The second-order valence-electron chi connectivity index (χ2n) is 4.32. The van der Waals surface area contributed by atoms with E-state index in [4.69, 9.17) is 5.26 Å². The lowest BCUT2D eigenvalue weighted by Crippen LogP contribution is -1.99. The van der Waals surface area contributed by atoms with Crippen molar-refractivity contribution >= 4 is 10.9 Å². The predicted molar refractivity (Wildman–Crippen MR) is 67.5 cm³/mol. The number of nitrogens with zero attached hydrogens (tertiary/aromatic N) is 3. The first-order chi connectivity index (χ1) is 8.76. The van der Waals surface area contributed by atoms with Crippen LogP contribution in [0, 0.1) is 34.5 Å². The van der Waals surface area contributed by atoms with Gasteiger partial charge in [0.2, 0.25) is 0 Å².